The minimum atomic E-state index is -4.60. The number of halogens is 4. The highest BCUT2D eigenvalue weighted by Crippen LogP contribution is 2.37. The van der Waals surface area contributed by atoms with E-state index in [1.54, 1.807) is 18.2 Å². The van der Waals surface area contributed by atoms with E-state index in [9.17, 15) is 18.3 Å². The van der Waals surface area contributed by atoms with E-state index < -0.39 is 16.8 Å². The van der Waals surface area contributed by atoms with Crippen LogP contribution in [-0.4, -0.2) is 31.3 Å². The lowest BCUT2D eigenvalue weighted by molar-refractivity contribution is -0.137. The quantitative estimate of drug-likeness (QED) is 0.285. The summed E-state index contributed by atoms with van der Waals surface area (Å²) in [5, 5.41) is 16.2. The van der Waals surface area contributed by atoms with E-state index in [4.69, 9.17) is 11.6 Å². The highest BCUT2D eigenvalue weighted by atomic mass is 35.5. The van der Waals surface area contributed by atoms with Crippen molar-refractivity contribution in [3.63, 3.8) is 0 Å². The van der Waals surface area contributed by atoms with Gasteiger partial charge in [-0.05, 0) is 30.3 Å². The second-order valence-corrected chi connectivity index (χ2v) is 6.80. The van der Waals surface area contributed by atoms with Crippen molar-refractivity contribution in [3.05, 3.63) is 71.3 Å². The van der Waals surface area contributed by atoms with Crippen LogP contribution in [0.4, 0.5) is 30.5 Å². The zero-order chi connectivity index (χ0) is 22.7. The Balaban J connectivity index is 1.63. The van der Waals surface area contributed by atoms with Crippen LogP contribution in [0.2, 0.25) is 5.02 Å². The molecule has 0 aliphatic heterocycles. The van der Waals surface area contributed by atoms with Crippen molar-refractivity contribution in [1.82, 2.24) is 19.9 Å². The predicted molar refractivity (Wildman–Crippen MR) is 114 cm³/mol. The second-order valence-electron chi connectivity index (χ2n) is 6.39. The standard InChI is InChI=1S/C20H13ClF3N7O/c21-14-6-5-12(7-13(14)20(22,23)24)30-18-16-17(26-9-27-18)19(28-10-25-16)31-29-8-11-3-1-2-4-15(11)32/h1-10,32H,(H,25,28,31)(H,26,27,30). The number of alkyl halides is 3. The molecule has 3 N–H and O–H groups in total. The zero-order valence-electron chi connectivity index (χ0n) is 16.0. The SMILES string of the molecule is Oc1ccccc1C=NNc1ncnc2c(Nc3ccc(Cl)c(C(F)(F)F)c3)ncnc12. The lowest BCUT2D eigenvalue weighted by atomic mass is 10.2. The third-order valence-electron chi connectivity index (χ3n) is 4.27. The third-order valence-corrected chi connectivity index (χ3v) is 4.60. The molecule has 2 aromatic heterocycles. The number of phenolic OH excluding ortho intramolecular Hbond substituents is 1. The van der Waals surface area contributed by atoms with Gasteiger partial charge in [0.25, 0.3) is 0 Å². The fraction of sp³-hybridized carbons (Fsp3) is 0.0500. The Labute approximate surface area is 183 Å². The van der Waals surface area contributed by atoms with Crippen LogP contribution in [-0.2, 0) is 6.18 Å². The van der Waals surface area contributed by atoms with Gasteiger partial charge in [0.15, 0.2) is 11.6 Å². The Bertz CT molecular complexity index is 1310. The Morgan fingerprint density at radius 2 is 1.62 bits per heavy atom. The molecule has 2 aromatic carbocycles. The molecule has 162 valence electrons. The first-order chi connectivity index (χ1) is 15.3. The first-order valence-corrected chi connectivity index (χ1v) is 9.37. The van der Waals surface area contributed by atoms with Crippen LogP contribution in [0.5, 0.6) is 5.75 Å². The fourth-order valence-corrected chi connectivity index (χ4v) is 2.99. The highest BCUT2D eigenvalue weighted by Gasteiger charge is 2.33. The largest absolute Gasteiger partial charge is 0.507 e. The van der Waals surface area contributed by atoms with Crippen molar-refractivity contribution in [3.8, 4) is 5.75 Å². The van der Waals surface area contributed by atoms with Crippen LogP contribution < -0.4 is 10.7 Å². The zero-order valence-corrected chi connectivity index (χ0v) is 16.7. The van der Waals surface area contributed by atoms with Crippen molar-refractivity contribution in [2.45, 2.75) is 6.18 Å². The van der Waals surface area contributed by atoms with E-state index >= 15 is 0 Å². The molecule has 0 saturated carbocycles. The normalized spacial score (nSPS) is 11.8. The average Bonchev–Trinajstić information content (AvgIpc) is 2.76. The summed E-state index contributed by atoms with van der Waals surface area (Å²) in [7, 11) is 0. The number of nitrogens with zero attached hydrogens (tertiary/aromatic N) is 5. The van der Waals surface area contributed by atoms with E-state index in [0.717, 1.165) is 12.1 Å². The molecular formula is C20H13ClF3N7O. The van der Waals surface area contributed by atoms with Crippen LogP contribution >= 0.6 is 11.6 Å². The van der Waals surface area contributed by atoms with Crippen molar-refractivity contribution in [2.75, 3.05) is 10.7 Å². The van der Waals surface area contributed by atoms with Crippen LogP contribution in [0.1, 0.15) is 11.1 Å². The molecule has 2 heterocycles. The van der Waals surface area contributed by atoms with Crippen LogP contribution in [0.25, 0.3) is 11.0 Å². The molecule has 12 heteroatoms. The summed E-state index contributed by atoms with van der Waals surface area (Å²) in [4.78, 5) is 16.4. The molecule has 0 amide bonds. The minimum absolute atomic E-state index is 0.0561. The molecule has 0 aliphatic carbocycles. The molecule has 0 fully saturated rings. The first kappa shape index (κ1) is 21.2. The number of anilines is 3. The topological polar surface area (TPSA) is 108 Å². The van der Waals surface area contributed by atoms with Gasteiger partial charge >= 0.3 is 6.18 Å². The van der Waals surface area contributed by atoms with Gasteiger partial charge < -0.3 is 10.4 Å². The lowest BCUT2D eigenvalue weighted by Gasteiger charge is -2.13. The molecule has 0 saturated heterocycles. The third kappa shape index (κ3) is 4.52. The Morgan fingerprint density at radius 1 is 0.938 bits per heavy atom. The summed E-state index contributed by atoms with van der Waals surface area (Å²) >= 11 is 5.67. The number of fused-ring (bicyclic) bond motifs is 1. The molecular weight excluding hydrogens is 447 g/mol. The molecule has 4 rings (SSSR count). The fourth-order valence-electron chi connectivity index (χ4n) is 2.77. The number of hydrogen-bond donors (Lipinski definition) is 3. The van der Waals surface area contributed by atoms with Gasteiger partial charge in [-0.25, -0.2) is 19.9 Å². The number of para-hydroxylation sites is 1. The average molecular weight is 460 g/mol. The Kier molecular flexibility index (Phi) is 5.73. The van der Waals surface area contributed by atoms with Gasteiger partial charge in [0.2, 0.25) is 0 Å². The van der Waals surface area contributed by atoms with Crippen LogP contribution in [0, 0.1) is 0 Å². The van der Waals surface area contributed by atoms with Gasteiger partial charge in [0, 0.05) is 11.3 Å². The Morgan fingerprint density at radius 3 is 2.34 bits per heavy atom. The summed E-state index contributed by atoms with van der Waals surface area (Å²) < 4.78 is 39.4. The van der Waals surface area contributed by atoms with Gasteiger partial charge in [0.1, 0.15) is 29.4 Å². The van der Waals surface area contributed by atoms with Gasteiger partial charge in [-0.2, -0.15) is 18.3 Å². The highest BCUT2D eigenvalue weighted by molar-refractivity contribution is 6.31. The van der Waals surface area contributed by atoms with Crippen molar-refractivity contribution >= 4 is 46.2 Å². The summed E-state index contributed by atoms with van der Waals surface area (Å²) in [5.41, 5.74) is 2.88. The first-order valence-electron chi connectivity index (χ1n) is 8.99. The number of rotatable bonds is 5. The summed E-state index contributed by atoms with van der Waals surface area (Å²) in [6, 6.07) is 10.0. The minimum Gasteiger partial charge on any atom is -0.507 e. The van der Waals surface area contributed by atoms with Gasteiger partial charge in [-0.3, -0.25) is 5.43 Å². The number of benzene rings is 2. The van der Waals surface area contributed by atoms with Gasteiger partial charge in [0.05, 0.1) is 16.8 Å². The van der Waals surface area contributed by atoms with E-state index in [1.165, 1.54) is 31.0 Å². The number of aromatic hydroxyl groups is 1. The number of phenols is 1. The van der Waals surface area contributed by atoms with Gasteiger partial charge in [-0.1, -0.05) is 23.7 Å². The maximum absolute atomic E-state index is 13.1. The molecule has 0 radical (unpaired) electrons. The van der Waals surface area contributed by atoms with Crippen LogP contribution in [0.3, 0.4) is 0 Å². The van der Waals surface area contributed by atoms with Crippen molar-refractivity contribution in [2.24, 2.45) is 5.10 Å². The molecule has 0 atom stereocenters. The summed E-state index contributed by atoms with van der Waals surface area (Å²) in [6.07, 6.45) is -0.757. The van der Waals surface area contributed by atoms with E-state index in [-0.39, 0.29) is 34.1 Å². The van der Waals surface area contributed by atoms with Crippen molar-refractivity contribution < 1.29 is 18.3 Å². The second kappa shape index (κ2) is 8.63. The smallest absolute Gasteiger partial charge is 0.417 e. The molecule has 8 nitrogen and oxygen atoms in total. The monoisotopic (exact) mass is 459 g/mol. The maximum Gasteiger partial charge on any atom is 0.417 e. The summed E-state index contributed by atoms with van der Waals surface area (Å²) in [6.45, 7) is 0. The van der Waals surface area contributed by atoms with Crippen LogP contribution in [0.15, 0.2) is 60.2 Å². The lowest BCUT2D eigenvalue weighted by Crippen LogP contribution is -2.07. The maximum atomic E-state index is 13.1. The van der Waals surface area contributed by atoms with Gasteiger partial charge in [-0.15, -0.1) is 0 Å². The number of nitrogens with one attached hydrogen (secondary N) is 2. The molecule has 4 aromatic rings. The predicted octanol–water partition coefficient (Wildman–Crippen LogP) is 4.99. The molecule has 0 unspecified atom stereocenters. The van der Waals surface area contributed by atoms with E-state index in [1.807, 2.05) is 0 Å². The molecule has 0 aliphatic rings. The van der Waals surface area contributed by atoms with Crippen molar-refractivity contribution in [1.29, 1.82) is 0 Å². The molecule has 0 bridgehead atoms. The Hall–Kier alpha value is -3.99. The summed E-state index contributed by atoms with van der Waals surface area (Å²) in [5.74, 6) is 0.459. The number of hydrazone groups is 1. The molecule has 32 heavy (non-hydrogen) atoms. The van der Waals surface area contributed by atoms with E-state index in [0.29, 0.717) is 5.56 Å². The molecule has 0 spiro atoms. The van der Waals surface area contributed by atoms with E-state index in [2.05, 4.69) is 35.8 Å². The number of aromatic nitrogens is 4. The number of hydrogen-bond acceptors (Lipinski definition) is 8.